The van der Waals surface area contributed by atoms with Crippen LogP contribution >= 0.6 is 0 Å². The topological polar surface area (TPSA) is 37.8 Å². The average Bonchev–Trinajstić information content (AvgIpc) is 2.14. The first-order valence-electron chi connectivity index (χ1n) is 4.52. The van der Waals surface area contributed by atoms with Gasteiger partial charge in [0.15, 0.2) is 0 Å². The lowest BCUT2D eigenvalue weighted by molar-refractivity contribution is -0.139. The van der Waals surface area contributed by atoms with E-state index >= 15 is 0 Å². The van der Waals surface area contributed by atoms with Gasteiger partial charge in [-0.3, -0.25) is 9.97 Å². The molecule has 0 radical (unpaired) electrons. The molecular formula is C9H12F3N3. The molecule has 0 saturated carbocycles. The molecule has 1 atom stereocenters. The van der Waals surface area contributed by atoms with E-state index in [1.165, 1.54) is 25.5 Å². The maximum absolute atomic E-state index is 12.0. The van der Waals surface area contributed by atoms with Gasteiger partial charge in [0.05, 0.1) is 12.1 Å². The Morgan fingerprint density at radius 3 is 2.67 bits per heavy atom. The summed E-state index contributed by atoms with van der Waals surface area (Å²) in [6, 6.07) is -0.619. The first-order chi connectivity index (χ1) is 6.97. The van der Waals surface area contributed by atoms with Crippen LogP contribution < -0.4 is 5.32 Å². The smallest absolute Gasteiger partial charge is 0.308 e. The molecule has 0 saturated heterocycles. The highest BCUT2D eigenvalue weighted by molar-refractivity contribution is 4.94. The Labute approximate surface area is 85.7 Å². The Balaban J connectivity index is 2.32. The lowest BCUT2D eigenvalue weighted by Crippen LogP contribution is -2.30. The van der Waals surface area contributed by atoms with Crippen molar-refractivity contribution in [2.24, 2.45) is 0 Å². The molecule has 1 heterocycles. The van der Waals surface area contributed by atoms with E-state index in [-0.39, 0.29) is 0 Å². The second-order valence-corrected chi connectivity index (χ2v) is 3.30. The minimum absolute atomic E-state index is 0.297. The van der Waals surface area contributed by atoms with Crippen LogP contribution in [-0.2, 0) is 6.54 Å². The Bertz CT molecular complexity index is 286. The SMILES string of the molecule is CC(CC(F)(F)F)NCc1cnccn1. The van der Waals surface area contributed by atoms with Crippen LogP contribution in [0.2, 0.25) is 0 Å². The summed E-state index contributed by atoms with van der Waals surface area (Å²) in [6.45, 7) is 1.79. The van der Waals surface area contributed by atoms with Crippen molar-refractivity contribution in [3.63, 3.8) is 0 Å². The lowest BCUT2D eigenvalue weighted by atomic mass is 10.2. The second kappa shape index (κ2) is 5.06. The van der Waals surface area contributed by atoms with E-state index in [9.17, 15) is 13.2 Å². The highest BCUT2D eigenvalue weighted by Gasteiger charge is 2.29. The summed E-state index contributed by atoms with van der Waals surface area (Å²) >= 11 is 0. The highest BCUT2D eigenvalue weighted by atomic mass is 19.4. The minimum atomic E-state index is -4.13. The van der Waals surface area contributed by atoms with E-state index in [4.69, 9.17) is 0 Å². The van der Waals surface area contributed by atoms with Crippen LogP contribution in [-0.4, -0.2) is 22.2 Å². The predicted octanol–water partition coefficient (Wildman–Crippen LogP) is 1.91. The van der Waals surface area contributed by atoms with Crippen molar-refractivity contribution in [1.82, 2.24) is 15.3 Å². The van der Waals surface area contributed by atoms with Crippen LogP contribution in [0.4, 0.5) is 13.2 Å². The number of halogens is 3. The van der Waals surface area contributed by atoms with Gasteiger partial charge in [0.2, 0.25) is 0 Å². The van der Waals surface area contributed by atoms with Gasteiger partial charge < -0.3 is 5.32 Å². The predicted molar refractivity (Wildman–Crippen MR) is 49.0 cm³/mol. The van der Waals surface area contributed by atoms with Gasteiger partial charge in [-0.25, -0.2) is 0 Å². The fraction of sp³-hybridized carbons (Fsp3) is 0.556. The van der Waals surface area contributed by atoms with E-state index in [1.807, 2.05) is 0 Å². The number of hydrogen-bond donors (Lipinski definition) is 1. The minimum Gasteiger partial charge on any atom is -0.308 e. The van der Waals surface area contributed by atoms with Gasteiger partial charge in [0.1, 0.15) is 0 Å². The molecule has 6 heteroatoms. The molecule has 0 spiro atoms. The summed E-state index contributed by atoms with van der Waals surface area (Å²) in [5.74, 6) is 0. The summed E-state index contributed by atoms with van der Waals surface area (Å²) < 4.78 is 35.9. The number of alkyl halides is 3. The average molecular weight is 219 g/mol. The molecule has 15 heavy (non-hydrogen) atoms. The van der Waals surface area contributed by atoms with Gasteiger partial charge in [-0.15, -0.1) is 0 Å². The van der Waals surface area contributed by atoms with E-state index in [1.54, 1.807) is 0 Å². The molecule has 3 nitrogen and oxygen atoms in total. The fourth-order valence-corrected chi connectivity index (χ4v) is 1.12. The summed E-state index contributed by atoms with van der Waals surface area (Å²) in [4.78, 5) is 7.75. The maximum Gasteiger partial charge on any atom is 0.390 e. The molecule has 1 rings (SSSR count). The monoisotopic (exact) mass is 219 g/mol. The summed E-state index contributed by atoms with van der Waals surface area (Å²) in [7, 11) is 0. The van der Waals surface area contributed by atoms with Gasteiger partial charge in [-0.05, 0) is 6.92 Å². The summed E-state index contributed by atoms with van der Waals surface area (Å²) in [5.41, 5.74) is 0.631. The molecular weight excluding hydrogens is 207 g/mol. The van der Waals surface area contributed by atoms with Gasteiger partial charge >= 0.3 is 6.18 Å². The van der Waals surface area contributed by atoms with Crippen molar-refractivity contribution < 1.29 is 13.2 Å². The van der Waals surface area contributed by atoms with Gasteiger partial charge in [0, 0.05) is 31.2 Å². The Morgan fingerprint density at radius 2 is 2.13 bits per heavy atom. The zero-order valence-corrected chi connectivity index (χ0v) is 8.25. The van der Waals surface area contributed by atoms with Crippen molar-refractivity contribution in [3.8, 4) is 0 Å². The molecule has 0 aromatic carbocycles. The normalized spacial score (nSPS) is 13.9. The molecule has 0 aliphatic carbocycles. The van der Waals surface area contributed by atoms with Crippen LogP contribution in [0.25, 0.3) is 0 Å². The number of nitrogens with one attached hydrogen (secondary N) is 1. The van der Waals surface area contributed by atoms with Gasteiger partial charge in [-0.1, -0.05) is 0 Å². The van der Waals surface area contributed by atoms with Crippen LogP contribution in [0.15, 0.2) is 18.6 Å². The third-order valence-electron chi connectivity index (χ3n) is 1.79. The standard InChI is InChI=1S/C9H12F3N3/c1-7(4-9(10,11)12)15-6-8-5-13-2-3-14-8/h2-3,5,7,15H,4,6H2,1H3. The van der Waals surface area contributed by atoms with E-state index in [0.717, 1.165) is 0 Å². The highest BCUT2D eigenvalue weighted by Crippen LogP contribution is 2.21. The fourth-order valence-electron chi connectivity index (χ4n) is 1.12. The third-order valence-corrected chi connectivity index (χ3v) is 1.79. The zero-order valence-electron chi connectivity index (χ0n) is 8.25. The van der Waals surface area contributed by atoms with Crippen LogP contribution in [0.3, 0.4) is 0 Å². The quantitative estimate of drug-likeness (QED) is 0.840. The number of rotatable bonds is 4. The molecule has 0 aliphatic heterocycles. The summed E-state index contributed by atoms with van der Waals surface area (Å²) in [5, 5.41) is 2.73. The number of aromatic nitrogens is 2. The first-order valence-corrected chi connectivity index (χ1v) is 4.52. The molecule has 1 aromatic rings. The van der Waals surface area contributed by atoms with Gasteiger partial charge in [0.25, 0.3) is 0 Å². The first kappa shape index (κ1) is 11.9. The molecule has 84 valence electrons. The van der Waals surface area contributed by atoms with Gasteiger partial charge in [-0.2, -0.15) is 13.2 Å². The Morgan fingerprint density at radius 1 is 1.40 bits per heavy atom. The van der Waals surface area contributed by atoms with Crippen molar-refractivity contribution in [3.05, 3.63) is 24.3 Å². The van der Waals surface area contributed by atoms with Crippen LogP contribution in [0.1, 0.15) is 19.0 Å². The molecule has 0 bridgehead atoms. The number of nitrogens with zero attached hydrogens (tertiary/aromatic N) is 2. The molecule has 0 amide bonds. The number of hydrogen-bond acceptors (Lipinski definition) is 3. The Hall–Kier alpha value is -1.17. The molecule has 1 unspecified atom stereocenters. The van der Waals surface area contributed by atoms with Crippen LogP contribution in [0.5, 0.6) is 0 Å². The molecule has 1 aromatic heterocycles. The Kier molecular flexibility index (Phi) is 4.02. The van der Waals surface area contributed by atoms with E-state index < -0.39 is 18.6 Å². The lowest BCUT2D eigenvalue weighted by Gasteiger charge is -2.15. The van der Waals surface area contributed by atoms with Crippen molar-refractivity contribution in [2.45, 2.75) is 32.1 Å². The van der Waals surface area contributed by atoms with E-state index in [0.29, 0.717) is 12.2 Å². The second-order valence-electron chi connectivity index (χ2n) is 3.30. The van der Waals surface area contributed by atoms with Crippen LogP contribution in [0, 0.1) is 0 Å². The van der Waals surface area contributed by atoms with Crippen molar-refractivity contribution >= 4 is 0 Å². The van der Waals surface area contributed by atoms with Crippen molar-refractivity contribution in [2.75, 3.05) is 0 Å². The third kappa shape index (κ3) is 5.31. The van der Waals surface area contributed by atoms with Crippen molar-refractivity contribution in [1.29, 1.82) is 0 Å². The molecule has 0 aliphatic rings. The molecule has 0 fully saturated rings. The van der Waals surface area contributed by atoms with E-state index in [2.05, 4.69) is 15.3 Å². The maximum atomic E-state index is 12.0. The zero-order chi connectivity index (χ0) is 11.3. The molecule has 1 N–H and O–H groups in total. The summed E-state index contributed by atoms with van der Waals surface area (Å²) in [6.07, 6.45) is -0.427. The largest absolute Gasteiger partial charge is 0.390 e.